The summed E-state index contributed by atoms with van der Waals surface area (Å²) < 4.78 is 13.3. The average molecular weight is 566 g/mol. The molecule has 0 unspecified atom stereocenters. The summed E-state index contributed by atoms with van der Waals surface area (Å²) in [6, 6.07) is 8.06. The number of fused-ring (bicyclic) bond motifs is 1. The van der Waals surface area contributed by atoms with Gasteiger partial charge in [0.15, 0.2) is 22.5 Å². The molecule has 0 saturated carbocycles. The molecule has 39 heavy (non-hydrogen) atoms. The van der Waals surface area contributed by atoms with Crippen LogP contribution in [-0.4, -0.2) is 33.5 Å². The van der Waals surface area contributed by atoms with Crippen molar-refractivity contribution in [2.24, 2.45) is 11.3 Å². The lowest BCUT2D eigenvalue weighted by molar-refractivity contribution is -0.113. The highest BCUT2D eigenvalue weighted by atomic mass is 32.2. The largest absolute Gasteiger partial charge is 0.493 e. The SMILES string of the molecule is C=CCn1c(COc2ccc(C)cc2OC)nnc1SCC(=O)Nc1sc2c(c1C#N)CC[C@H](C(C)(C)C)C2. The van der Waals surface area contributed by atoms with E-state index >= 15 is 0 Å². The van der Waals surface area contributed by atoms with Crippen LogP contribution in [0.25, 0.3) is 0 Å². The number of nitrogens with zero attached hydrogens (tertiary/aromatic N) is 4. The highest BCUT2D eigenvalue weighted by Gasteiger charge is 2.32. The van der Waals surface area contributed by atoms with E-state index in [1.54, 1.807) is 24.5 Å². The number of benzene rings is 1. The van der Waals surface area contributed by atoms with E-state index in [4.69, 9.17) is 9.47 Å². The first-order chi connectivity index (χ1) is 18.6. The number of thioether (sulfide) groups is 1. The van der Waals surface area contributed by atoms with Crippen LogP contribution in [0.1, 0.15) is 54.6 Å². The van der Waals surface area contributed by atoms with Crippen molar-refractivity contribution in [1.29, 1.82) is 5.26 Å². The Bertz CT molecular complexity index is 1400. The molecule has 0 aliphatic heterocycles. The minimum absolute atomic E-state index is 0.139. The number of anilines is 1. The van der Waals surface area contributed by atoms with E-state index in [-0.39, 0.29) is 23.7 Å². The van der Waals surface area contributed by atoms with E-state index in [1.807, 2.05) is 29.7 Å². The van der Waals surface area contributed by atoms with Gasteiger partial charge in [-0.05, 0) is 60.8 Å². The Hall–Kier alpha value is -3.29. The molecule has 4 rings (SSSR count). The molecule has 1 atom stereocenters. The first kappa shape index (κ1) is 28.7. The fourth-order valence-corrected chi connectivity index (χ4v) is 6.77. The van der Waals surface area contributed by atoms with Gasteiger partial charge in [-0.25, -0.2) is 0 Å². The molecule has 0 radical (unpaired) electrons. The number of rotatable bonds is 10. The predicted molar refractivity (Wildman–Crippen MR) is 156 cm³/mol. The average Bonchev–Trinajstić information content (AvgIpc) is 3.45. The Kier molecular flexibility index (Phi) is 9.03. The van der Waals surface area contributed by atoms with E-state index in [9.17, 15) is 10.1 Å². The summed E-state index contributed by atoms with van der Waals surface area (Å²) in [5.41, 5.74) is 3.00. The summed E-state index contributed by atoms with van der Waals surface area (Å²) in [5.74, 6) is 2.41. The molecule has 0 bridgehead atoms. The van der Waals surface area contributed by atoms with Gasteiger partial charge in [0, 0.05) is 11.4 Å². The van der Waals surface area contributed by atoms with E-state index in [1.165, 1.54) is 16.6 Å². The third-order valence-electron chi connectivity index (χ3n) is 6.97. The molecule has 0 fully saturated rings. The van der Waals surface area contributed by atoms with Gasteiger partial charge in [-0.1, -0.05) is 44.7 Å². The van der Waals surface area contributed by atoms with Crippen molar-refractivity contribution in [3.63, 3.8) is 0 Å². The quantitative estimate of drug-likeness (QED) is 0.231. The first-order valence-corrected chi connectivity index (χ1v) is 14.7. The van der Waals surface area contributed by atoms with Crippen molar-refractivity contribution in [3.8, 4) is 17.6 Å². The van der Waals surface area contributed by atoms with Gasteiger partial charge >= 0.3 is 0 Å². The van der Waals surface area contributed by atoms with E-state index < -0.39 is 0 Å². The number of hydrogen-bond acceptors (Lipinski definition) is 8. The Balaban J connectivity index is 1.41. The molecule has 206 valence electrons. The highest BCUT2D eigenvalue weighted by Crippen LogP contribution is 2.44. The number of methoxy groups -OCH3 is 1. The second-order valence-electron chi connectivity index (χ2n) is 10.7. The molecule has 2 heterocycles. The number of aryl methyl sites for hydroxylation is 1. The fourth-order valence-electron chi connectivity index (χ4n) is 4.71. The van der Waals surface area contributed by atoms with Crippen LogP contribution in [0.4, 0.5) is 5.00 Å². The third kappa shape index (κ3) is 6.65. The molecule has 1 aliphatic carbocycles. The smallest absolute Gasteiger partial charge is 0.235 e. The number of ether oxygens (including phenoxy) is 2. The zero-order valence-electron chi connectivity index (χ0n) is 23.2. The number of amides is 1. The van der Waals surface area contributed by atoms with Crippen LogP contribution >= 0.6 is 23.1 Å². The molecule has 1 N–H and O–H groups in total. The number of hydrogen-bond donors (Lipinski definition) is 1. The van der Waals surface area contributed by atoms with Gasteiger partial charge in [0.2, 0.25) is 5.91 Å². The second-order valence-corrected chi connectivity index (χ2v) is 12.8. The van der Waals surface area contributed by atoms with Crippen LogP contribution in [-0.2, 0) is 30.8 Å². The van der Waals surface area contributed by atoms with Crippen molar-refractivity contribution in [2.45, 2.75) is 65.3 Å². The summed E-state index contributed by atoms with van der Waals surface area (Å²) in [5, 5.41) is 22.6. The Labute approximate surface area is 238 Å². The topological polar surface area (TPSA) is 102 Å². The summed E-state index contributed by atoms with van der Waals surface area (Å²) in [6.45, 7) is 13.3. The summed E-state index contributed by atoms with van der Waals surface area (Å²) in [7, 11) is 1.61. The van der Waals surface area contributed by atoms with Gasteiger partial charge in [-0.15, -0.1) is 28.1 Å². The number of allylic oxidation sites excluding steroid dienone is 1. The normalized spacial score (nSPS) is 14.8. The van der Waals surface area contributed by atoms with Crippen LogP contribution in [0.15, 0.2) is 36.0 Å². The minimum Gasteiger partial charge on any atom is -0.493 e. The van der Waals surface area contributed by atoms with Crippen molar-refractivity contribution in [1.82, 2.24) is 14.8 Å². The fraction of sp³-hybridized carbons (Fsp3) is 0.448. The molecule has 1 aromatic carbocycles. The van der Waals surface area contributed by atoms with Crippen LogP contribution in [0.5, 0.6) is 11.5 Å². The van der Waals surface area contributed by atoms with Crippen LogP contribution < -0.4 is 14.8 Å². The molecule has 3 aromatic rings. The van der Waals surface area contributed by atoms with Gasteiger partial charge < -0.3 is 14.8 Å². The maximum atomic E-state index is 12.9. The monoisotopic (exact) mass is 565 g/mol. The van der Waals surface area contributed by atoms with Crippen LogP contribution in [0.3, 0.4) is 0 Å². The zero-order valence-corrected chi connectivity index (χ0v) is 24.8. The summed E-state index contributed by atoms with van der Waals surface area (Å²) >= 11 is 2.83. The first-order valence-electron chi connectivity index (χ1n) is 12.9. The molecular formula is C29H35N5O3S2. The predicted octanol–water partition coefficient (Wildman–Crippen LogP) is 6.18. The Morgan fingerprint density at radius 1 is 1.36 bits per heavy atom. The highest BCUT2D eigenvalue weighted by molar-refractivity contribution is 7.99. The van der Waals surface area contributed by atoms with Gasteiger partial charge in [-0.3, -0.25) is 9.36 Å². The Morgan fingerprint density at radius 3 is 2.85 bits per heavy atom. The van der Waals surface area contributed by atoms with Crippen molar-refractivity contribution in [2.75, 3.05) is 18.2 Å². The standard InChI is InChI=1S/C29H35N5O3S2/c1-7-12-34-25(16-37-22-11-8-18(2)13-23(22)36-6)32-33-28(34)38-17-26(35)31-27-21(15-30)20-10-9-19(29(3,4)5)14-24(20)39-27/h7-8,11,13,19H,1,9-10,12,14,16-17H2,2-6H3,(H,31,35)/t19-/m0/s1. The van der Waals surface area contributed by atoms with Gasteiger partial charge in [0.25, 0.3) is 0 Å². The van der Waals surface area contributed by atoms with E-state index in [2.05, 4.69) is 48.9 Å². The Morgan fingerprint density at radius 2 is 2.15 bits per heavy atom. The summed E-state index contributed by atoms with van der Waals surface area (Å²) in [6.07, 6.45) is 4.65. The zero-order chi connectivity index (χ0) is 28.2. The number of carbonyl (C=O) groups excluding carboxylic acids is 1. The minimum atomic E-state index is -0.183. The van der Waals surface area contributed by atoms with Gasteiger partial charge in [0.1, 0.15) is 17.7 Å². The van der Waals surface area contributed by atoms with Crippen molar-refractivity contribution < 1.29 is 14.3 Å². The molecule has 0 spiro atoms. The number of carbonyl (C=O) groups is 1. The molecule has 1 aliphatic rings. The maximum Gasteiger partial charge on any atom is 0.235 e. The molecule has 2 aromatic heterocycles. The molecular weight excluding hydrogens is 530 g/mol. The molecule has 1 amide bonds. The maximum absolute atomic E-state index is 12.9. The van der Waals surface area contributed by atoms with Crippen LogP contribution in [0, 0.1) is 29.6 Å². The van der Waals surface area contributed by atoms with Gasteiger partial charge in [-0.2, -0.15) is 5.26 Å². The number of nitriles is 1. The van der Waals surface area contributed by atoms with Crippen LogP contribution in [0.2, 0.25) is 0 Å². The second kappa shape index (κ2) is 12.3. The summed E-state index contributed by atoms with van der Waals surface area (Å²) in [4.78, 5) is 14.1. The lowest BCUT2D eigenvalue weighted by Gasteiger charge is -2.33. The van der Waals surface area contributed by atoms with Crippen molar-refractivity contribution >= 4 is 34.0 Å². The van der Waals surface area contributed by atoms with E-state index in [0.29, 0.717) is 45.5 Å². The number of nitrogens with one attached hydrogen (secondary N) is 1. The lowest BCUT2D eigenvalue weighted by Crippen LogP contribution is -2.26. The number of thiophene rings is 1. The molecule has 8 nitrogen and oxygen atoms in total. The van der Waals surface area contributed by atoms with Crippen molar-refractivity contribution in [3.05, 3.63) is 58.2 Å². The molecule has 0 saturated heterocycles. The third-order valence-corrected chi connectivity index (χ3v) is 9.10. The number of aromatic nitrogens is 3. The lowest BCUT2D eigenvalue weighted by atomic mass is 9.72. The molecule has 10 heteroatoms. The van der Waals surface area contributed by atoms with Gasteiger partial charge in [0.05, 0.1) is 18.4 Å². The van der Waals surface area contributed by atoms with E-state index in [0.717, 1.165) is 30.4 Å².